The van der Waals surface area contributed by atoms with Crippen molar-refractivity contribution in [3.05, 3.63) is 46.7 Å². The van der Waals surface area contributed by atoms with Crippen molar-refractivity contribution in [2.45, 2.75) is 25.6 Å². The Morgan fingerprint density at radius 2 is 2.25 bits per heavy atom. The van der Waals surface area contributed by atoms with Crippen molar-refractivity contribution in [1.82, 2.24) is 19.4 Å². The van der Waals surface area contributed by atoms with E-state index < -0.39 is 11.5 Å². The second-order valence-corrected chi connectivity index (χ2v) is 5.55. The third-order valence-electron chi connectivity index (χ3n) is 3.91. The molecule has 24 heavy (non-hydrogen) atoms. The lowest BCUT2D eigenvalue weighted by Crippen LogP contribution is -2.27. The van der Waals surface area contributed by atoms with Crippen molar-refractivity contribution in [3.63, 3.8) is 0 Å². The monoisotopic (exact) mass is 338 g/mol. The van der Waals surface area contributed by atoms with Crippen LogP contribution >= 0.6 is 0 Å². The van der Waals surface area contributed by atoms with Crippen LogP contribution in [0.1, 0.15) is 18.8 Å². The summed E-state index contributed by atoms with van der Waals surface area (Å²) in [5, 5.41) is 13.8. The molecule has 0 unspecified atom stereocenters. The molecule has 1 aliphatic heterocycles. The number of nitrogens with one attached hydrogen (secondary N) is 1. The molecule has 0 bridgehead atoms. The van der Waals surface area contributed by atoms with Crippen molar-refractivity contribution in [3.8, 4) is 0 Å². The third-order valence-corrected chi connectivity index (χ3v) is 3.91. The standard InChI is InChI=1S/C14H16F2N6O2/c15-14(16)21-6-4-17-13(21)9-20-5-3-10(8-20)19-12-2-1-11(7-18-12)22(23)24/h1-2,4,6-7,10,14H,3,5,8-9H2,(H,18,19)/t10-/m1/s1. The molecule has 2 aromatic rings. The van der Waals surface area contributed by atoms with Gasteiger partial charge in [-0.2, -0.15) is 8.78 Å². The van der Waals surface area contributed by atoms with Gasteiger partial charge in [-0.15, -0.1) is 0 Å². The van der Waals surface area contributed by atoms with E-state index in [2.05, 4.69) is 15.3 Å². The van der Waals surface area contributed by atoms with E-state index in [0.29, 0.717) is 24.7 Å². The molecule has 10 heteroatoms. The molecule has 1 aliphatic rings. The SMILES string of the molecule is O=[N+]([O-])c1ccc(N[C@@H]2CCN(Cc3nccn3C(F)F)C2)nc1. The van der Waals surface area contributed by atoms with E-state index in [1.165, 1.54) is 24.7 Å². The topological polar surface area (TPSA) is 89.1 Å². The number of nitro groups is 1. The molecule has 2 aromatic heterocycles. The smallest absolute Gasteiger partial charge is 0.319 e. The second kappa shape index (κ2) is 6.87. The second-order valence-electron chi connectivity index (χ2n) is 5.55. The molecular weight excluding hydrogens is 322 g/mol. The molecule has 8 nitrogen and oxygen atoms in total. The Hall–Kier alpha value is -2.62. The van der Waals surface area contributed by atoms with E-state index in [4.69, 9.17) is 0 Å². The van der Waals surface area contributed by atoms with E-state index in [0.717, 1.165) is 17.5 Å². The zero-order valence-electron chi connectivity index (χ0n) is 12.7. The Bertz CT molecular complexity index is 706. The van der Waals surface area contributed by atoms with E-state index in [1.54, 1.807) is 6.07 Å². The fraction of sp³-hybridized carbons (Fsp3) is 0.429. The van der Waals surface area contributed by atoms with Crippen LogP contribution in [0.4, 0.5) is 20.3 Å². The summed E-state index contributed by atoms with van der Waals surface area (Å²) >= 11 is 0. The number of aromatic nitrogens is 3. The highest BCUT2D eigenvalue weighted by atomic mass is 19.3. The molecule has 0 spiro atoms. The predicted molar refractivity (Wildman–Crippen MR) is 81.7 cm³/mol. The van der Waals surface area contributed by atoms with Gasteiger partial charge < -0.3 is 5.32 Å². The number of alkyl halides is 2. The largest absolute Gasteiger partial charge is 0.366 e. The molecule has 0 radical (unpaired) electrons. The predicted octanol–water partition coefficient (Wildman–Crippen LogP) is 2.27. The number of hydrogen-bond acceptors (Lipinski definition) is 6. The molecule has 0 aliphatic carbocycles. The van der Waals surface area contributed by atoms with E-state index in [-0.39, 0.29) is 11.7 Å². The van der Waals surface area contributed by atoms with Crippen molar-refractivity contribution in [2.75, 3.05) is 18.4 Å². The van der Waals surface area contributed by atoms with Gasteiger partial charge in [0.1, 0.15) is 17.8 Å². The van der Waals surface area contributed by atoms with Crippen LogP contribution in [-0.4, -0.2) is 43.5 Å². The average molecular weight is 338 g/mol. The van der Waals surface area contributed by atoms with Crippen LogP contribution in [0.15, 0.2) is 30.7 Å². The number of hydrogen-bond donors (Lipinski definition) is 1. The maximum atomic E-state index is 12.8. The summed E-state index contributed by atoms with van der Waals surface area (Å²) in [6, 6.07) is 3.06. The number of halogens is 2. The zero-order chi connectivity index (χ0) is 17.1. The third kappa shape index (κ3) is 3.65. The Kier molecular flexibility index (Phi) is 4.65. The fourth-order valence-corrected chi connectivity index (χ4v) is 2.73. The number of pyridine rings is 1. The minimum Gasteiger partial charge on any atom is -0.366 e. The van der Waals surface area contributed by atoms with Gasteiger partial charge in [-0.3, -0.25) is 19.6 Å². The lowest BCUT2D eigenvalue weighted by atomic mass is 10.2. The number of nitrogens with zero attached hydrogens (tertiary/aromatic N) is 5. The molecule has 0 saturated carbocycles. The van der Waals surface area contributed by atoms with Gasteiger partial charge in [0.2, 0.25) is 0 Å². The quantitative estimate of drug-likeness (QED) is 0.642. The summed E-state index contributed by atoms with van der Waals surface area (Å²) in [5.74, 6) is 0.889. The van der Waals surface area contributed by atoms with E-state index in [1.807, 2.05) is 4.90 Å². The van der Waals surface area contributed by atoms with E-state index in [9.17, 15) is 18.9 Å². The molecule has 1 N–H and O–H groups in total. The minimum atomic E-state index is -2.59. The van der Waals surface area contributed by atoms with Crippen molar-refractivity contribution in [1.29, 1.82) is 0 Å². The summed E-state index contributed by atoms with van der Waals surface area (Å²) < 4.78 is 26.5. The van der Waals surface area contributed by atoms with Crippen LogP contribution in [0, 0.1) is 10.1 Å². The van der Waals surface area contributed by atoms with Gasteiger partial charge in [0.05, 0.1) is 11.5 Å². The van der Waals surface area contributed by atoms with Gasteiger partial charge in [-0.1, -0.05) is 0 Å². The molecule has 3 heterocycles. The molecule has 128 valence electrons. The minimum absolute atomic E-state index is 0.0626. The number of imidazole rings is 1. The number of anilines is 1. The van der Waals surface area contributed by atoms with Crippen molar-refractivity contribution >= 4 is 11.5 Å². The first-order valence-corrected chi connectivity index (χ1v) is 7.42. The summed E-state index contributed by atoms with van der Waals surface area (Å²) in [6.07, 6.45) is 4.67. The van der Waals surface area contributed by atoms with Crippen molar-refractivity contribution in [2.24, 2.45) is 0 Å². The lowest BCUT2D eigenvalue weighted by molar-refractivity contribution is -0.385. The highest BCUT2D eigenvalue weighted by molar-refractivity contribution is 5.41. The zero-order valence-corrected chi connectivity index (χ0v) is 12.7. The fourth-order valence-electron chi connectivity index (χ4n) is 2.73. The van der Waals surface area contributed by atoms with Gasteiger partial charge in [0.25, 0.3) is 5.69 Å². The summed E-state index contributed by atoms with van der Waals surface area (Å²) in [4.78, 5) is 20.1. The first-order valence-electron chi connectivity index (χ1n) is 7.42. The van der Waals surface area contributed by atoms with Gasteiger partial charge in [-0.25, -0.2) is 9.97 Å². The molecule has 3 rings (SSSR count). The van der Waals surface area contributed by atoms with Crippen LogP contribution in [0.25, 0.3) is 0 Å². The Labute approximate surface area is 136 Å². The summed E-state index contributed by atoms with van der Waals surface area (Å²) in [5.41, 5.74) is -0.0626. The number of likely N-dealkylation sites (tertiary alicyclic amines) is 1. The van der Waals surface area contributed by atoms with Crippen LogP contribution in [-0.2, 0) is 6.54 Å². The molecule has 1 atom stereocenters. The van der Waals surface area contributed by atoms with Crippen LogP contribution in [0.3, 0.4) is 0 Å². The molecule has 1 saturated heterocycles. The highest BCUT2D eigenvalue weighted by Crippen LogP contribution is 2.19. The van der Waals surface area contributed by atoms with Crippen LogP contribution < -0.4 is 5.32 Å². The van der Waals surface area contributed by atoms with Crippen LogP contribution in [0.2, 0.25) is 0 Å². The average Bonchev–Trinajstić information content (AvgIpc) is 3.18. The van der Waals surface area contributed by atoms with Gasteiger partial charge in [0, 0.05) is 37.6 Å². The Morgan fingerprint density at radius 1 is 1.42 bits per heavy atom. The highest BCUT2D eigenvalue weighted by Gasteiger charge is 2.24. The van der Waals surface area contributed by atoms with E-state index >= 15 is 0 Å². The Morgan fingerprint density at radius 3 is 2.92 bits per heavy atom. The molecule has 1 fully saturated rings. The normalized spacial score (nSPS) is 18.2. The lowest BCUT2D eigenvalue weighted by Gasteiger charge is -2.17. The van der Waals surface area contributed by atoms with Gasteiger partial charge in [0.15, 0.2) is 0 Å². The first kappa shape index (κ1) is 16.2. The maximum absolute atomic E-state index is 12.8. The van der Waals surface area contributed by atoms with Gasteiger partial charge >= 0.3 is 6.55 Å². The number of rotatable bonds is 6. The summed E-state index contributed by atoms with van der Waals surface area (Å²) in [7, 11) is 0. The molecule has 0 amide bonds. The molecule has 0 aromatic carbocycles. The first-order chi connectivity index (χ1) is 11.5. The maximum Gasteiger partial charge on any atom is 0.319 e. The van der Waals surface area contributed by atoms with Crippen molar-refractivity contribution < 1.29 is 13.7 Å². The summed E-state index contributed by atoms with van der Waals surface area (Å²) in [6.45, 7) is -0.832. The molecular formula is C14H16F2N6O2. The van der Waals surface area contributed by atoms with Gasteiger partial charge in [-0.05, 0) is 12.5 Å². The van der Waals surface area contributed by atoms with Crippen LogP contribution in [0.5, 0.6) is 0 Å². The Balaban J connectivity index is 1.55.